The standard InChI is InChI=1S/C22H31N5/c1-17-16-27(13-11-20(17)19-8-6-5-7-9-19)22(23-2)25-15-18-10-12-24-21(14-18)26(3)4/h5-10,12,14,17,20H,11,13,15-16H2,1-4H3,(H,23,25). The lowest BCUT2D eigenvalue weighted by Crippen LogP contribution is -2.47. The van der Waals surface area contributed by atoms with E-state index in [0.29, 0.717) is 11.8 Å². The average Bonchev–Trinajstić information content (AvgIpc) is 2.69. The molecule has 1 N–H and O–H groups in total. The molecule has 1 aromatic heterocycles. The van der Waals surface area contributed by atoms with E-state index in [2.05, 4.69) is 69.6 Å². The first-order valence-electron chi connectivity index (χ1n) is 9.71. The van der Waals surface area contributed by atoms with Crippen LogP contribution >= 0.6 is 0 Å². The molecule has 1 aromatic carbocycles. The van der Waals surface area contributed by atoms with E-state index in [1.165, 1.54) is 11.1 Å². The number of likely N-dealkylation sites (tertiary alicyclic amines) is 1. The highest BCUT2D eigenvalue weighted by Crippen LogP contribution is 2.32. The van der Waals surface area contributed by atoms with Crippen molar-refractivity contribution in [1.82, 2.24) is 15.2 Å². The zero-order valence-corrected chi connectivity index (χ0v) is 16.9. The van der Waals surface area contributed by atoms with Crippen molar-refractivity contribution in [2.75, 3.05) is 39.1 Å². The smallest absolute Gasteiger partial charge is 0.193 e. The predicted molar refractivity (Wildman–Crippen MR) is 113 cm³/mol. The molecular weight excluding hydrogens is 334 g/mol. The van der Waals surface area contributed by atoms with Crippen molar-refractivity contribution in [3.05, 3.63) is 59.8 Å². The van der Waals surface area contributed by atoms with E-state index in [9.17, 15) is 0 Å². The summed E-state index contributed by atoms with van der Waals surface area (Å²) in [4.78, 5) is 13.3. The van der Waals surface area contributed by atoms with Gasteiger partial charge in [-0.15, -0.1) is 0 Å². The van der Waals surface area contributed by atoms with Gasteiger partial charge in [0.1, 0.15) is 5.82 Å². The van der Waals surface area contributed by atoms with Gasteiger partial charge in [0.25, 0.3) is 0 Å². The van der Waals surface area contributed by atoms with Crippen LogP contribution in [0.4, 0.5) is 5.82 Å². The molecule has 1 aliphatic heterocycles. The van der Waals surface area contributed by atoms with Crippen molar-refractivity contribution in [3.63, 3.8) is 0 Å². The van der Waals surface area contributed by atoms with Crippen molar-refractivity contribution < 1.29 is 0 Å². The van der Waals surface area contributed by atoms with E-state index in [4.69, 9.17) is 0 Å². The third kappa shape index (κ3) is 4.79. The van der Waals surface area contributed by atoms with Gasteiger partial charge in [0.15, 0.2) is 5.96 Å². The van der Waals surface area contributed by atoms with Crippen molar-refractivity contribution >= 4 is 11.8 Å². The van der Waals surface area contributed by atoms with Gasteiger partial charge in [-0.25, -0.2) is 4.98 Å². The number of nitrogens with one attached hydrogen (secondary N) is 1. The zero-order chi connectivity index (χ0) is 19.2. The Bertz CT molecular complexity index is 756. The second kappa shape index (κ2) is 8.89. The van der Waals surface area contributed by atoms with Crippen LogP contribution in [0.2, 0.25) is 0 Å². The molecule has 2 aromatic rings. The molecule has 0 aliphatic carbocycles. The molecule has 5 nitrogen and oxygen atoms in total. The second-order valence-corrected chi connectivity index (χ2v) is 7.55. The Morgan fingerprint density at radius 1 is 1.26 bits per heavy atom. The third-order valence-electron chi connectivity index (χ3n) is 5.36. The van der Waals surface area contributed by atoms with Gasteiger partial charge in [-0.3, -0.25) is 4.99 Å². The highest BCUT2D eigenvalue weighted by Gasteiger charge is 2.28. The fourth-order valence-electron chi connectivity index (χ4n) is 3.86. The lowest BCUT2D eigenvalue weighted by atomic mass is 9.82. The van der Waals surface area contributed by atoms with Gasteiger partial charge in [-0.05, 0) is 41.5 Å². The Balaban J connectivity index is 1.60. The summed E-state index contributed by atoms with van der Waals surface area (Å²) in [6.45, 7) is 5.16. The minimum atomic E-state index is 0.598. The van der Waals surface area contributed by atoms with Crippen LogP contribution in [0.25, 0.3) is 0 Å². The van der Waals surface area contributed by atoms with Crippen molar-refractivity contribution in [2.24, 2.45) is 10.9 Å². The lowest BCUT2D eigenvalue weighted by molar-refractivity contribution is 0.234. The molecular formula is C22H31N5. The minimum absolute atomic E-state index is 0.598. The number of piperidine rings is 1. The van der Waals surface area contributed by atoms with Crippen LogP contribution in [0.5, 0.6) is 0 Å². The summed E-state index contributed by atoms with van der Waals surface area (Å²) in [7, 11) is 5.89. The van der Waals surface area contributed by atoms with Crippen LogP contribution in [-0.4, -0.2) is 50.1 Å². The summed E-state index contributed by atoms with van der Waals surface area (Å²) in [5, 5.41) is 3.53. The Labute approximate surface area is 163 Å². The average molecular weight is 366 g/mol. The van der Waals surface area contributed by atoms with Crippen LogP contribution in [0.3, 0.4) is 0 Å². The van der Waals surface area contributed by atoms with Crippen LogP contribution < -0.4 is 10.2 Å². The fraction of sp³-hybridized carbons (Fsp3) is 0.455. The van der Waals surface area contributed by atoms with Crippen LogP contribution in [0.15, 0.2) is 53.7 Å². The van der Waals surface area contributed by atoms with Crippen molar-refractivity contribution in [2.45, 2.75) is 25.8 Å². The number of guanidine groups is 1. The monoisotopic (exact) mass is 365 g/mol. The largest absolute Gasteiger partial charge is 0.363 e. The maximum absolute atomic E-state index is 4.52. The van der Waals surface area contributed by atoms with Gasteiger partial charge in [0.2, 0.25) is 0 Å². The van der Waals surface area contributed by atoms with Gasteiger partial charge in [0, 0.05) is 47.0 Å². The number of nitrogens with zero attached hydrogens (tertiary/aromatic N) is 4. The predicted octanol–water partition coefficient (Wildman–Crippen LogP) is 3.35. The van der Waals surface area contributed by atoms with Gasteiger partial charge in [-0.1, -0.05) is 37.3 Å². The number of pyridine rings is 1. The van der Waals surface area contributed by atoms with E-state index >= 15 is 0 Å². The van der Waals surface area contributed by atoms with Crippen LogP contribution in [0.1, 0.15) is 30.4 Å². The van der Waals surface area contributed by atoms with Gasteiger partial charge >= 0.3 is 0 Å². The van der Waals surface area contributed by atoms with Gasteiger partial charge in [-0.2, -0.15) is 0 Å². The SMILES string of the molecule is CN=C(NCc1ccnc(N(C)C)c1)N1CCC(c2ccccc2)C(C)C1. The molecule has 0 bridgehead atoms. The molecule has 0 amide bonds. The first-order valence-corrected chi connectivity index (χ1v) is 9.71. The van der Waals surface area contributed by atoms with E-state index in [-0.39, 0.29) is 0 Å². The number of benzene rings is 1. The Morgan fingerprint density at radius 3 is 2.70 bits per heavy atom. The molecule has 1 saturated heterocycles. The number of hydrogen-bond donors (Lipinski definition) is 1. The first-order chi connectivity index (χ1) is 13.1. The normalized spacial score (nSPS) is 20.4. The topological polar surface area (TPSA) is 43.8 Å². The summed E-state index contributed by atoms with van der Waals surface area (Å²) in [6, 6.07) is 15.1. The molecule has 2 unspecified atom stereocenters. The second-order valence-electron chi connectivity index (χ2n) is 7.55. The summed E-state index contributed by atoms with van der Waals surface area (Å²) < 4.78 is 0. The van der Waals surface area contributed by atoms with Crippen molar-refractivity contribution in [1.29, 1.82) is 0 Å². The van der Waals surface area contributed by atoms with E-state index in [1.54, 1.807) is 0 Å². The summed E-state index contributed by atoms with van der Waals surface area (Å²) >= 11 is 0. The quantitative estimate of drug-likeness (QED) is 0.667. The number of anilines is 1. The minimum Gasteiger partial charge on any atom is -0.363 e. The number of rotatable bonds is 4. The molecule has 27 heavy (non-hydrogen) atoms. The molecule has 1 fully saturated rings. The van der Waals surface area contributed by atoms with Gasteiger partial charge < -0.3 is 15.1 Å². The van der Waals surface area contributed by atoms with Gasteiger partial charge in [0.05, 0.1) is 0 Å². The molecule has 2 heterocycles. The first kappa shape index (κ1) is 19.2. The molecule has 0 radical (unpaired) electrons. The molecule has 0 saturated carbocycles. The molecule has 0 spiro atoms. The maximum Gasteiger partial charge on any atom is 0.193 e. The molecule has 1 aliphatic rings. The lowest BCUT2D eigenvalue weighted by Gasteiger charge is -2.39. The van der Waals surface area contributed by atoms with Crippen LogP contribution in [-0.2, 0) is 6.54 Å². The molecule has 144 valence electrons. The highest BCUT2D eigenvalue weighted by atomic mass is 15.3. The summed E-state index contributed by atoms with van der Waals surface area (Å²) in [5.41, 5.74) is 2.67. The number of aliphatic imine (C=N–C) groups is 1. The van der Waals surface area contributed by atoms with Crippen molar-refractivity contribution in [3.8, 4) is 0 Å². The highest BCUT2D eigenvalue weighted by molar-refractivity contribution is 5.80. The Morgan fingerprint density at radius 2 is 2.04 bits per heavy atom. The number of hydrogen-bond acceptors (Lipinski definition) is 3. The van der Waals surface area contributed by atoms with E-state index in [1.807, 2.05) is 32.2 Å². The Hall–Kier alpha value is -2.56. The zero-order valence-electron chi connectivity index (χ0n) is 16.9. The molecule has 2 atom stereocenters. The van der Waals surface area contributed by atoms with Crippen LogP contribution in [0, 0.1) is 5.92 Å². The van der Waals surface area contributed by atoms with E-state index in [0.717, 1.165) is 37.8 Å². The summed E-state index contributed by atoms with van der Waals surface area (Å²) in [6.07, 6.45) is 3.02. The number of aromatic nitrogens is 1. The summed E-state index contributed by atoms with van der Waals surface area (Å²) in [5.74, 6) is 3.18. The fourth-order valence-corrected chi connectivity index (χ4v) is 3.86. The Kier molecular flexibility index (Phi) is 6.32. The third-order valence-corrected chi connectivity index (χ3v) is 5.36. The maximum atomic E-state index is 4.52. The molecule has 5 heteroatoms. The van der Waals surface area contributed by atoms with E-state index < -0.39 is 0 Å². The molecule has 3 rings (SSSR count).